The van der Waals surface area contributed by atoms with Gasteiger partial charge in [0.15, 0.2) is 6.61 Å². The maximum Gasteiger partial charge on any atom is 0.262 e. The first kappa shape index (κ1) is 18.1. The molecule has 5 heteroatoms. The number of hydrogen-bond acceptors (Lipinski definition) is 3. The van der Waals surface area contributed by atoms with Crippen molar-refractivity contribution in [2.24, 2.45) is 5.92 Å². The number of amides is 1. The third-order valence-corrected chi connectivity index (χ3v) is 3.50. The minimum Gasteiger partial charge on any atom is -0.494 e. The molecule has 1 N–H and O–H groups in total. The van der Waals surface area contributed by atoms with Crippen LogP contribution in [0.25, 0.3) is 0 Å². The van der Waals surface area contributed by atoms with Crippen LogP contribution >= 0.6 is 11.6 Å². The molecule has 24 heavy (non-hydrogen) atoms. The molecule has 0 aliphatic heterocycles. The molecule has 4 nitrogen and oxygen atoms in total. The van der Waals surface area contributed by atoms with Crippen LogP contribution in [0.2, 0.25) is 5.02 Å². The summed E-state index contributed by atoms with van der Waals surface area (Å²) in [7, 11) is 0. The van der Waals surface area contributed by atoms with Crippen LogP contribution < -0.4 is 14.8 Å². The smallest absolute Gasteiger partial charge is 0.262 e. The lowest BCUT2D eigenvalue weighted by molar-refractivity contribution is -0.118. The summed E-state index contributed by atoms with van der Waals surface area (Å²) in [5, 5.41) is 3.30. The number of ether oxygens (including phenoxy) is 2. The fourth-order valence-electron chi connectivity index (χ4n) is 1.96. The van der Waals surface area contributed by atoms with Crippen LogP contribution in [-0.4, -0.2) is 19.1 Å². The first-order valence-electron chi connectivity index (χ1n) is 7.94. The Hall–Kier alpha value is -2.20. The molecule has 2 aromatic carbocycles. The Kier molecular flexibility index (Phi) is 6.94. The van der Waals surface area contributed by atoms with E-state index in [2.05, 4.69) is 19.2 Å². The minimum atomic E-state index is -0.241. The summed E-state index contributed by atoms with van der Waals surface area (Å²) >= 11 is 5.88. The fraction of sp³-hybridized carbons (Fsp3) is 0.316. The Morgan fingerprint density at radius 2 is 1.75 bits per heavy atom. The lowest BCUT2D eigenvalue weighted by atomic mass is 10.1. The second kappa shape index (κ2) is 9.18. The maximum absolute atomic E-state index is 11.9. The van der Waals surface area contributed by atoms with E-state index in [9.17, 15) is 4.79 Å². The Balaban J connectivity index is 1.76. The molecule has 0 aliphatic carbocycles. The zero-order chi connectivity index (χ0) is 17.4. The van der Waals surface area contributed by atoms with Crippen LogP contribution in [0, 0.1) is 5.92 Å². The molecule has 0 saturated heterocycles. The van der Waals surface area contributed by atoms with Crippen molar-refractivity contribution in [3.8, 4) is 11.5 Å². The summed E-state index contributed by atoms with van der Waals surface area (Å²) in [4.78, 5) is 11.9. The summed E-state index contributed by atoms with van der Waals surface area (Å²) in [6, 6.07) is 14.2. The van der Waals surface area contributed by atoms with E-state index in [1.807, 2.05) is 12.1 Å². The summed E-state index contributed by atoms with van der Waals surface area (Å²) in [6.45, 7) is 4.95. The number of nitrogens with one attached hydrogen (secondary N) is 1. The number of carbonyl (C=O) groups is 1. The number of anilines is 1. The van der Waals surface area contributed by atoms with Crippen LogP contribution in [0.3, 0.4) is 0 Å². The average molecular weight is 348 g/mol. The highest BCUT2D eigenvalue weighted by Crippen LogP contribution is 2.18. The summed E-state index contributed by atoms with van der Waals surface area (Å²) < 4.78 is 11.1. The van der Waals surface area contributed by atoms with Gasteiger partial charge in [0.2, 0.25) is 0 Å². The zero-order valence-electron chi connectivity index (χ0n) is 13.9. The topological polar surface area (TPSA) is 47.6 Å². The van der Waals surface area contributed by atoms with E-state index in [1.54, 1.807) is 36.4 Å². The van der Waals surface area contributed by atoms with Gasteiger partial charge in [-0.25, -0.2) is 0 Å². The van der Waals surface area contributed by atoms with Gasteiger partial charge in [-0.3, -0.25) is 4.79 Å². The van der Waals surface area contributed by atoms with E-state index in [-0.39, 0.29) is 12.5 Å². The van der Waals surface area contributed by atoms with Crippen molar-refractivity contribution in [1.82, 2.24) is 0 Å². The molecule has 0 spiro atoms. The minimum absolute atomic E-state index is 0.0694. The number of carbonyl (C=O) groups excluding carboxylic acids is 1. The molecule has 0 radical (unpaired) electrons. The highest BCUT2D eigenvalue weighted by molar-refractivity contribution is 6.30. The van der Waals surface area contributed by atoms with Gasteiger partial charge in [-0.2, -0.15) is 0 Å². The molecule has 0 fully saturated rings. The number of rotatable bonds is 8. The first-order valence-corrected chi connectivity index (χ1v) is 8.32. The molecule has 0 saturated carbocycles. The summed E-state index contributed by atoms with van der Waals surface area (Å²) in [6.07, 6.45) is 1.02. The van der Waals surface area contributed by atoms with Gasteiger partial charge in [-0.15, -0.1) is 0 Å². The standard InChI is InChI=1S/C19H22ClNO3/c1-14(2)10-11-23-17-6-8-18(9-7-17)24-13-19(22)21-16-5-3-4-15(20)12-16/h3-9,12,14H,10-11,13H2,1-2H3,(H,21,22). The summed E-state index contributed by atoms with van der Waals surface area (Å²) in [5.41, 5.74) is 0.644. The molecule has 0 aromatic heterocycles. The number of halogens is 1. The second-order valence-corrected chi connectivity index (χ2v) is 6.29. The van der Waals surface area contributed by atoms with Crippen molar-refractivity contribution in [2.75, 3.05) is 18.5 Å². The van der Waals surface area contributed by atoms with Gasteiger partial charge < -0.3 is 14.8 Å². The predicted molar refractivity (Wildman–Crippen MR) is 97.0 cm³/mol. The van der Waals surface area contributed by atoms with Gasteiger partial charge >= 0.3 is 0 Å². The van der Waals surface area contributed by atoms with Crippen LogP contribution in [0.15, 0.2) is 48.5 Å². The van der Waals surface area contributed by atoms with Gasteiger partial charge in [-0.05, 0) is 54.8 Å². The van der Waals surface area contributed by atoms with Crippen LogP contribution in [0.4, 0.5) is 5.69 Å². The molecule has 2 aromatic rings. The molecule has 0 heterocycles. The quantitative estimate of drug-likeness (QED) is 0.747. The second-order valence-electron chi connectivity index (χ2n) is 5.85. The van der Waals surface area contributed by atoms with Gasteiger partial charge in [0.25, 0.3) is 5.91 Å². The molecule has 0 aliphatic rings. The number of benzene rings is 2. The third-order valence-electron chi connectivity index (χ3n) is 3.27. The Morgan fingerprint density at radius 3 is 2.38 bits per heavy atom. The highest BCUT2D eigenvalue weighted by atomic mass is 35.5. The Bertz CT molecular complexity index is 656. The fourth-order valence-corrected chi connectivity index (χ4v) is 2.15. The molecule has 2 rings (SSSR count). The first-order chi connectivity index (χ1) is 11.5. The van der Waals surface area contributed by atoms with Gasteiger partial charge in [0.1, 0.15) is 11.5 Å². The molecular formula is C19H22ClNO3. The lowest BCUT2D eigenvalue weighted by Crippen LogP contribution is -2.20. The van der Waals surface area contributed by atoms with E-state index in [1.165, 1.54) is 0 Å². The van der Waals surface area contributed by atoms with Crippen molar-refractivity contribution in [3.63, 3.8) is 0 Å². The molecule has 1 amide bonds. The van der Waals surface area contributed by atoms with Gasteiger partial charge in [-0.1, -0.05) is 31.5 Å². The SMILES string of the molecule is CC(C)CCOc1ccc(OCC(=O)Nc2cccc(Cl)c2)cc1. The largest absolute Gasteiger partial charge is 0.494 e. The highest BCUT2D eigenvalue weighted by Gasteiger charge is 2.05. The zero-order valence-corrected chi connectivity index (χ0v) is 14.7. The van der Waals surface area contributed by atoms with Crippen LogP contribution in [0.5, 0.6) is 11.5 Å². The van der Waals surface area contributed by atoms with E-state index < -0.39 is 0 Å². The Labute approximate surface area is 147 Å². The van der Waals surface area contributed by atoms with Crippen molar-refractivity contribution in [1.29, 1.82) is 0 Å². The molecule has 0 bridgehead atoms. The van der Waals surface area contributed by atoms with Crippen LogP contribution in [0.1, 0.15) is 20.3 Å². The van der Waals surface area contributed by atoms with E-state index in [4.69, 9.17) is 21.1 Å². The van der Waals surface area contributed by atoms with Crippen molar-refractivity contribution < 1.29 is 14.3 Å². The van der Waals surface area contributed by atoms with E-state index in [0.29, 0.717) is 29.0 Å². The average Bonchev–Trinajstić information content (AvgIpc) is 2.54. The van der Waals surface area contributed by atoms with Crippen molar-refractivity contribution >= 4 is 23.2 Å². The summed E-state index contributed by atoms with van der Waals surface area (Å²) in [5.74, 6) is 1.79. The van der Waals surface area contributed by atoms with E-state index >= 15 is 0 Å². The molecule has 128 valence electrons. The monoisotopic (exact) mass is 347 g/mol. The molecule has 0 atom stereocenters. The lowest BCUT2D eigenvalue weighted by Gasteiger charge is -2.10. The van der Waals surface area contributed by atoms with Gasteiger partial charge in [0, 0.05) is 10.7 Å². The third kappa shape index (κ3) is 6.50. The predicted octanol–water partition coefficient (Wildman–Crippen LogP) is 4.78. The van der Waals surface area contributed by atoms with E-state index in [0.717, 1.165) is 12.2 Å². The molecular weight excluding hydrogens is 326 g/mol. The van der Waals surface area contributed by atoms with Gasteiger partial charge in [0.05, 0.1) is 6.61 Å². The normalized spacial score (nSPS) is 10.5. The van der Waals surface area contributed by atoms with Crippen LogP contribution in [-0.2, 0) is 4.79 Å². The van der Waals surface area contributed by atoms with Crippen molar-refractivity contribution in [3.05, 3.63) is 53.6 Å². The molecule has 0 unspecified atom stereocenters. The number of hydrogen-bond donors (Lipinski definition) is 1. The Morgan fingerprint density at radius 1 is 1.08 bits per heavy atom. The maximum atomic E-state index is 11.9. The van der Waals surface area contributed by atoms with Crippen molar-refractivity contribution in [2.45, 2.75) is 20.3 Å².